The summed E-state index contributed by atoms with van der Waals surface area (Å²) in [5, 5.41) is 9.74. The van der Waals surface area contributed by atoms with Crippen molar-refractivity contribution in [3.63, 3.8) is 0 Å². The number of hydrogen-bond donors (Lipinski definition) is 1. The largest absolute Gasteiger partial charge is 0.481 e. The van der Waals surface area contributed by atoms with Crippen molar-refractivity contribution in [3.8, 4) is 0 Å². The zero-order valence-corrected chi connectivity index (χ0v) is 21.1. The fourth-order valence-corrected chi connectivity index (χ4v) is 7.42. The van der Waals surface area contributed by atoms with Gasteiger partial charge >= 0.3 is 5.97 Å². The van der Waals surface area contributed by atoms with Gasteiger partial charge < -0.3 is 14.6 Å². The number of hydrogen-bond acceptors (Lipinski definition) is 4. The molecular weight excluding hydrogens is 448 g/mol. The molecule has 2 aromatic carbocycles. The normalized spacial score (nSPS) is 25.6. The van der Waals surface area contributed by atoms with Crippen molar-refractivity contribution >= 4 is 17.0 Å². The molecule has 3 aromatic rings. The monoisotopic (exact) mass is 486 g/mol. The smallest absolute Gasteiger partial charge is 0.305 e. The van der Waals surface area contributed by atoms with E-state index in [9.17, 15) is 9.90 Å². The lowest BCUT2D eigenvalue weighted by Gasteiger charge is -2.38. The van der Waals surface area contributed by atoms with Crippen LogP contribution in [0.1, 0.15) is 62.5 Å². The van der Waals surface area contributed by atoms with Crippen LogP contribution in [0.25, 0.3) is 11.0 Å². The third-order valence-electron chi connectivity index (χ3n) is 9.28. The van der Waals surface area contributed by atoms with Crippen LogP contribution < -0.4 is 0 Å². The maximum atomic E-state index is 11.8. The summed E-state index contributed by atoms with van der Waals surface area (Å²) in [4.78, 5) is 21.7. The van der Waals surface area contributed by atoms with E-state index in [1.54, 1.807) is 0 Å². The van der Waals surface area contributed by atoms with E-state index in [2.05, 4.69) is 73.9 Å². The summed E-state index contributed by atoms with van der Waals surface area (Å²) in [6, 6.07) is 19.9. The van der Waals surface area contributed by atoms with Crippen LogP contribution in [-0.2, 0) is 4.79 Å². The summed E-state index contributed by atoms with van der Waals surface area (Å²) in [7, 11) is 0. The summed E-state index contributed by atoms with van der Waals surface area (Å²) in [5.41, 5.74) is 3.59. The first-order valence-electron chi connectivity index (χ1n) is 13.8. The fraction of sp³-hybridized carbons (Fsp3) is 0.533. The number of likely N-dealkylation sites (tertiary alicyclic amines) is 2. The van der Waals surface area contributed by atoms with Crippen LogP contribution in [0, 0.1) is 5.92 Å². The van der Waals surface area contributed by atoms with Crippen LogP contribution in [0.2, 0.25) is 0 Å². The van der Waals surface area contributed by atoms with Crippen molar-refractivity contribution < 1.29 is 9.90 Å². The van der Waals surface area contributed by atoms with Crippen molar-refractivity contribution in [3.05, 3.63) is 66.5 Å². The van der Waals surface area contributed by atoms with Gasteiger partial charge in [0.15, 0.2) is 0 Å². The number of fused-ring (bicyclic) bond motifs is 1. The Balaban J connectivity index is 1.16. The Bertz CT molecular complexity index is 1180. The highest BCUT2D eigenvalue weighted by Crippen LogP contribution is 2.45. The van der Waals surface area contributed by atoms with Crippen molar-refractivity contribution in [2.24, 2.45) is 5.92 Å². The summed E-state index contributed by atoms with van der Waals surface area (Å²) in [6.07, 6.45) is 8.96. The number of nitrogens with zero attached hydrogens (tertiary/aromatic N) is 4. The molecule has 36 heavy (non-hydrogen) atoms. The molecule has 6 rings (SSSR count). The van der Waals surface area contributed by atoms with Gasteiger partial charge in [-0.05, 0) is 49.3 Å². The lowest BCUT2D eigenvalue weighted by molar-refractivity contribution is -0.140. The molecule has 190 valence electrons. The molecule has 1 aliphatic carbocycles. The molecule has 2 aliphatic heterocycles. The molecular formula is C30H38N4O2. The summed E-state index contributed by atoms with van der Waals surface area (Å²) >= 11 is 0. The number of carboxylic acid groups (broad SMARTS) is 1. The second-order valence-corrected chi connectivity index (χ2v) is 11.4. The van der Waals surface area contributed by atoms with E-state index in [-0.39, 0.29) is 12.0 Å². The fourth-order valence-electron chi connectivity index (χ4n) is 7.42. The van der Waals surface area contributed by atoms with Crippen LogP contribution in [-0.4, -0.2) is 68.7 Å². The van der Waals surface area contributed by atoms with Crippen LogP contribution in [0.4, 0.5) is 0 Å². The third kappa shape index (κ3) is 4.57. The number of carboxylic acids is 1. The summed E-state index contributed by atoms with van der Waals surface area (Å²) < 4.78 is 2.38. The number of rotatable bonds is 7. The molecule has 3 heterocycles. The van der Waals surface area contributed by atoms with Crippen molar-refractivity contribution in [1.82, 2.24) is 19.4 Å². The van der Waals surface area contributed by atoms with Gasteiger partial charge in [0.25, 0.3) is 0 Å². The van der Waals surface area contributed by atoms with Gasteiger partial charge in [-0.15, -0.1) is 0 Å². The van der Waals surface area contributed by atoms with E-state index in [0.717, 1.165) is 76.8 Å². The molecule has 2 atom stereocenters. The minimum Gasteiger partial charge on any atom is -0.481 e. The van der Waals surface area contributed by atoms with Crippen LogP contribution in [0.5, 0.6) is 0 Å². The molecule has 3 aliphatic rings. The van der Waals surface area contributed by atoms with E-state index in [4.69, 9.17) is 0 Å². The number of imidazole rings is 1. The van der Waals surface area contributed by atoms with Gasteiger partial charge in [0.1, 0.15) is 0 Å². The van der Waals surface area contributed by atoms with Crippen molar-refractivity contribution in [2.45, 2.75) is 62.4 Å². The van der Waals surface area contributed by atoms with Crippen LogP contribution >= 0.6 is 0 Å². The molecule has 0 bridgehead atoms. The molecule has 1 N–H and O–H groups in total. The Kier molecular flexibility index (Phi) is 6.57. The minimum atomic E-state index is -0.647. The number of para-hydroxylation sites is 2. The topological polar surface area (TPSA) is 61.6 Å². The van der Waals surface area contributed by atoms with E-state index < -0.39 is 5.97 Å². The highest BCUT2D eigenvalue weighted by molar-refractivity contribution is 5.75. The summed E-state index contributed by atoms with van der Waals surface area (Å²) in [5.74, 6) is 0.350. The SMILES string of the molecule is O=C(O)CC1(N2CC(CN3CCC(n4cnc5ccccc54)CC3)C(c3ccccc3)C2)CCCC1. The van der Waals surface area contributed by atoms with E-state index >= 15 is 0 Å². The van der Waals surface area contributed by atoms with E-state index in [1.165, 1.54) is 11.1 Å². The first-order valence-corrected chi connectivity index (χ1v) is 13.8. The zero-order valence-electron chi connectivity index (χ0n) is 21.1. The molecule has 6 nitrogen and oxygen atoms in total. The maximum Gasteiger partial charge on any atom is 0.305 e. The second kappa shape index (κ2) is 9.98. The Morgan fingerprint density at radius 3 is 2.44 bits per heavy atom. The van der Waals surface area contributed by atoms with Gasteiger partial charge in [-0.2, -0.15) is 0 Å². The standard InChI is InChI=1S/C30H38N4O2/c35-29(36)18-30(14-6-7-15-30)33-20-24(26(21-33)23-8-2-1-3-9-23)19-32-16-12-25(13-17-32)34-22-31-27-10-4-5-11-28(27)34/h1-5,8-11,22,24-26H,6-7,12-21H2,(H,35,36). The lowest BCUT2D eigenvalue weighted by Crippen LogP contribution is -2.47. The van der Waals surface area contributed by atoms with Crippen molar-refractivity contribution in [1.29, 1.82) is 0 Å². The van der Waals surface area contributed by atoms with E-state index in [0.29, 0.717) is 17.9 Å². The predicted octanol–water partition coefficient (Wildman–Crippen LogP) is 5.18. The highest BCUT2D eigenvalue weighted by atomic mass is 16.4. The maximum absolute atomic E-state index is 11.8. The highest BCUT2D eigenvalue weighted by Gasteiger charge is 2.47. The van der Waals surface area contributed by atoms with Gasteiger partial charge in [-0.1, -0.05) is 55.3 Å². The summed E-state index contributed by atoms with van der Waals surface area (Å²) in [6.45, 7) is 5.31. The number of piperidine rings is 1. The van der Waals surface area contributed by atoms with Crippen LogP contribution in [0.15, 0.2) is 60.9 Å². The van der Waals surface area contributed by atoms with Gasteiger partial charge in [0.05, 0.1) is 23.8 Å². The van der Waals surface area contributed by atoms with E-state index in [1.807, 2.05) is 6.33 Å². The number of benzene rings is 2. The Labute approximate surface area is 213 Å². The van der Waals surface area contributed by atoms with Gasteiger partial charge in [0.2, 0.25) is 0 Å². The molecule has 0 radical (unpaired) electrons. The molecule has 1 saturated carbocycles. The molecule has 0 spiro atoms. The molecule has 2 unspecified atom stereocenters. The van der Waals surface area contributed by atoms with Gasteiger partial charge in [-0.3, -0.25) is 9.69 Å². The number of aliphatic carboxylic acids is 1. The third-order valence-corrected chi connectivity index (χ3v) is 9.28. The molecule has 6 heteroatoms. The van der Waals surface area contributed by atoms with Crippen LogP contribution in [0.3, 0.4) is 0 Å². The predicted molar refractivity (Wildman–Crippen MR) is 142 cm³/mol. The number of carbonyl (C=O) groups is 1. The van der Waals surface area contributed by atoms with Crippen molar-refractivity contribution in [2.75, 3.05) is 32.7 Å². The molecule has 1 aromatic heterocycles. The lowest BCUT2D eigenvalue weighted by atomic mass is 9.88. The quantitative estimate of drug-likeness (QED) is 0.499. The molecule has 0 amide bonds. The number of aromatic nitrogens is 2. The average Bonchev–Trinajstić information content (AvgIpc) is 3.64. The Hall–Kier alpha value is -2.70. The first-order chi connectivity index (χ1) is 17.6. The van der Waals surface area contributed by atoms with Gasteiger partial charge in [-0.25, -0.2) is 4.98 Å². The minimum absolute atomic E-state index is 0.150. The molecule has 3 fully saturated rings. The Morgan fingerprint density at radius 1 is 0.972 bits per heavy atom. The first kappa shape index (κ1) is 23.7. The zero-order chi connectivity index (χ0) is 24.5. The second-order valence-electron chi connectivity index (χ2n) is 11.4. The average molecular weight is 487 g/mol. The Morgan fingerprint density at radius 2 is 1.69 bits per heavy atom. The molecule has 2 saturated heterocycles. The van der Waals surface area contributed by atoms with Gasteiger partial charge in [0, 0.05) is 50.2 Å².